The minimum Gasteiger partial charge on any atom is -0.326 e. The van der Waals surface area contributed by atoms with E-state index in [-0.39, 0.29) is 11.6 Å². The highest BCUT2D eigenvalue weighted by molar-refractivity contribution is 4.98. The van der Waals surface area contributed by atoms with Crippen LogP contribution in [0.25, 0.3) is 0 Å². The van der Waals surface area contributed by atoms with Gasteiger partial charge in [0.15, 0.2) is 0 Å². The van der Waals surface area contributed by atoms with Gasteiger partial charge in [-0.2, -0.15) is 0 Å². The van der Waals surface area contributed by atoms with Crippen molar-refractivity contribution in [3.8, 4) is 0 Å². The number of hydrogen-bond donors (Lipinski definition) is 2. The largest absolute Gasteiger partial charge is 0.326 e. The van der Waals surface area contributed by atoms with E-state index < -0.39 is 0 Å². The second-order valence-corrected chi connectivity index (χ2v) is 6.19. The van der Waals surface area contributed by atoms with Crippen LogP contribution in [0.15, 0.2) is 0 Å². The van der Waals surface area contributed by atoms with Crippen molar-refractivity contribution < 1.29 is 0 Å². The summed E-state index contributed by atoms with van der Waals surface area (Å²) in [6.45, 7) is 6.88. The van der Waals surface area contributed by atoms with E-state index in [0.29, 0.717) is 0 Å². The Morgan fingerprint density at radius 1 is 1.31 bits per heavy atom. The molecule has 3 atom stereocenters. The molecule has 1 saturated carbocycles. The molecule has 0 aromatic rings. The average Bonchev–Trinajstić information content (AvgIpc) is 2.21. The Labute approximate surface area is 101 Å². The lowest BCUT2D eigenvalue weighted by Crippen LogP contribution is -2.57. The Hall–Kier alpha value is -0.0800. The predicted octanol–water partition coefficient (Wildman–Crippen LogP) is 3.05. The maximum atomic E-state index is 6.53. The molecule has 0 radical (unpaired) electrons. The van der Waals surface area contributed by atoms with Gasteiger partial charge in [-0.05, 0) is 37.5 Å². The van der Waals surface area contributed by atoms with Gasteiger partial charge in [-0.25, -0.2) is 0 Å². The molecule has 1 aliphatic rings. The topological polar surface area (TPSA) is 52.0 Å². The minimum absolute atomic E-state index is 0.0756. The van der Waals surface area contributed by atoms with Crippen molar-refractivity contribution >= 4 is 0 Å². The molecule has 0 saturated heterocycles. The average molecular weight is 226 g/mol. The van der Waals surface area contributed by atoms with Crippen molar-refractivity contribution in [2.45, 2.75) is 77.3 Å². The van der Waals surface area contributed by atoms with Crippen LogP contribution in [0.1, 0.15) is 65.7 Å². The van der Waals surface area contributed by atoms with Gasteiger partial charge in [0.05, 0.1) is 0 Å². The first kappa shape index (κ1) is 14.0. The van der Waals surface area contributed by atoms with E-state index in [1.807, 2.05) is 0 Å². The van der Waals surface area contributed by atoms with E-state index in [2.05, 4.69) is 20.8 Å². The van der Waals surface area contributed by atoms with Crippen molar-refractivity contribution in [1.82, 2.24) is 0 Å². The van der Waals surface area contributed by atoms with Crippen LogP contribution < -0.4 is 11.5 Å². The van der Waals surface area contributed by atoms with Crippen molar-refractivity contribution in [3.63, 3.8) is 0 Å². The van der Waals surface area contributed by atoms with Crippen LogP contribution in [0.5, 0.6) is 0 Å². The molecule has 4 N–H and O–H groups in total. The molecule has 0 aromatic heterocycles. The summed E-state index contributed by atoms with van der Waals surface area (Å²) < 4.78 is 0. The minimum atomic E-state index is -0.0756. The Morgan fingerprint density at radius 3 is 2.50 bits per heavy atom. The molecule has 0 bridgehead atoms. The van der Waals surface area contributed by atoms with Crippen LogP contribution >= 0.6 is 0 Å². The molecule has 3 unspecified atom stereocenters. The van der Waals surface area contributed by atoms with Gasteiger partial charge >= 0.3 is 0 Å². The second-order valence-electron chi connectivity index (χ2n) is 6.19. The van der Waals surface area contributed by atoms with E-state index >= 15 is 0 Å². The fraction of sp³-hybridized carbons (Fsp3) is 1.00. The van der Waals surface area contributed by atoms with Crippen LogP contribution in [0.2, 0.25) is 0 Å². The Morgan fingerprint density at radius 2 is 2.00 bits per heavy atom. The van der Waals surface area contributed by atoms with Crippen molar-refractivity contribution in [2.24, 2.45) is 23.3 Å². The molecule has 0 spiro atoms. The monoisotopic (exact) mass is 226 g/mol. The molecule has 1 rings (SSSR count). The zero-order valence-corrected chi connectivity index (χ0v) is 11.3. The maximum absolute atomic E-state index is 6.53. The van der Waals surface area contributed by atoms with E-state index in [0.717, 1.165) is 31.1 Å². The third kappa shape index (κ3) is 3.74. The Kier molecular flexibility index (Phi) is 5.26. The molecule has 0 amide bonds. The van der Waals surface area contributed by atoms with Crippen LogP contribution in [-0.2, 0) is 0 Å². The first-order chi connectivity index (χ1) is 7.48. The van der Waals surface area contributed by atoms with E-state index in [1.54, 1.807) is 0 Å². The first-order valence-corrected chi connectivity index (χ1v) is 7.02. The molecule has 0 heterocycles. The van der Waals surface area contributed by atoms with Gasteiger partial charge in [-0.1, -0.05) is 40.0 Å². The summed E-state index contributed by atoms with van der Waals surface area (Å²) in [4.78, 5) is 0. The van der Waals surface area contributed by atoms with Crippen LogP contribution in [-0.4, -0.2) is 11.6 Å². The third-order valence-electron chi connectivity index (χ3n) is 4.20. The number of nitrogens with two attached hydrogens (primary N) is 2. The molecule has 96 valence electrons. The molecule has 1 aliphatic carbocycles. The number of rotatable bonds is 5. The van der Waals surface area contributed by atoms with Crippen LogP contribution in [0.4, 0.5) is 0 Å². The highest BCUT2D eigenvalue weighted by atomic mass is 14.9. The van der Waals surface area contributed by atoms with Gasteiger partial charge < -0.3 is 11.5 Å². The normalized spacial score (nSPS) is 33.0. The lowest BCUT2D eigenvalue weighted by Gasteiger charge is -2.41. The zero-order valence-electron chi connectivity index (χ0n) is 11.3. The SMILES string of the molecule is CCC(CC(C)C)CC1(N)CCCCC1N. The van der Waals surface area contributed by atoms with E-state index in [9.17, 15) is 0 Å². The fourth-order valence-corrected chi connectivity index (χ4v) is 3.14. The highest BCUT2D eigenvalue weighted by Gasteiger charge is 2.36. The molecule has 0 aromatic carbocycles. The smallest absolute Gasteiger partial charge is 0.0310 e. The van der Waals surface area contributed by atoms with Crippen molar-refractivity contribution in [1.29, 1.82) is 0 Å². The van der Waals surface area contributed by atoms with Gasteiger partial charge in [0.25, 0.3) is 0 Å². The van der Waals surface area contributed by atoms with E-state index in [1.165, 1.54) is 25.7 Å². The predicted molar refractivity (Wildman–Crippen MR) is 71.2 cm³/mol. The fourth-order valence-electron chi connectivity index (χ4n) is 3.14. The van der Waals surface area contributed by atoms with Gasteiger partial charge in [0, 0.05) is 11.6 Å². The van der Waals surface area contributed by atoms with Crippen LogP contribution in [0.3, 0.4) is 0 Å². The van der Waals surface area contributed by atoms with Gasteiger partial charge in [-0.15, -0.1) is 0 Å². The molecular formula is C14H30N2. The summed E-state index contributed by atoms with van der Waals surface area (Å²) in [5.74, 6) is 1.53. The highest BCUT2D eigenvalue weighted by Crippen LogP contribution is 2.33. The molecule has 1 fully saturated rings. The molecule has 2 nitrogen and oxygen atoms in total. The molecule has 2 heteroatoms. The standard InChI is InChI=1S/C14H30N2/c1-4-12(9-11(2)3)10-14(16)8-6-5-7-13(14)15/h11-13H,4-10,15-16H2,1-3H3. The van der Waals surface area contributed by atoms with Gasteiger partial charge in [0.1, 0.15) is 0 Å². The summed E-state index contributed by atoms with van der Waals surface area (Å²) in [5, 5.41) is 0. The Bertz CT molecular complexity index is 203. The number of hydrogen-bond acceptors (Lipinski definition) is 2. The first-order valence-electron chi connectivity index (χ1n) is 7.02. The summed E-state index contributed by atoms with van der Waals surface area (Å²) in [5.41, 5.74) is 12.7. The summed E-state index contributed by atoms with van der Waals surface area (Å²) in [6, 6.07) is 0.225. The van der Waals surface area contributed by atoms with Crippen LogP contribution in [0, 0.1) is 11.8 Å². The maximum Gasteiger partial charge on any atom is 0.0310 e. The molecule has 16 heavy (non-hydrogen) atoms. The van der Waals surface area contributed by atoms with E-state index in [4.69, 9.17) is 11.5 Å². The lowest BCUT2D eigenvalue weighted by atomic mass is 9.71. The lowest BCUT2D eigenvalue weighted by molar-refractivity contribution is 0.190. The van der Waals surface area contributed by atoms with Crippen molar-refractivity contribution in [2.75, 3.05) is 0 Å². The van der Waals surface area contributed by atoms with Gasteiger partial charge in [-0.3, -0.25) is 0 Å². The summed E-state index contributed by atoms with van der Waals surface area (Å²) in [7, 11) is 0. The molecular weight excluding hydrogens is 196 g/mol. The summed E-state index contributed by atoms with van der Waals surface area (Å²) in [6.07, 6.45) is 8.44. The second kappa shape index (κ2) is 6.02. The van der Waals surface area contributed by atoms with Gasteiger partial charge in [0.2, 0.25) is 0 Å². The quantitative estimate of drug-likeness (QED) is 0.757. The summed E-state index contributed by atoms with van der Waals surface area (Å²) >= 11 is 0. The third-order valence-corrected chi connectivity index (χ3v) is 4.20. The molecule has 0 aliphatic heterocycles. The van der Waals surface area contributed by atoms with Crippen molar-refractivity contribution in [3.05, 3.63) is 0 Å². The Balaban J connectivity index is 2.54. The zero-order chi connectivity index (χ0) is 12.2.